The number of para-hydroxylation sites is 4. The predicted molar refractivity (Wildman–Crippen MR) is 361 cm³/mol. The molecule has 84 heavy (non-hydrogen) atoms. The molecule has 3 nitrogen and oxygen atoms in total. The van der Waals surface area contributed by atoms with E-state index in [1.165, 1.54) is 132 Å². The SMILES string of the molecule is CC(C)(C)c1ccc(-c2ccc3c(c2)B2c4cc5c6ccccc6c6ccccc6c6cccc7c8ccccc8n(c5cc4N(c4ccccc4-c4ccccc4)c4cc(C(C)(C)C)cc(c42)N3c2ccccc2-c2ccccc2)c67)cc1. The second-order valence-electron chi connectivity index (χ2n) is 25.2. The molecule has 400 valence electrons. The highest BCUT2D eigenvalue weighted by atomic mass is 15.2. The van der Waals surface area contributed by atoms with E-state index >= 15 is 0 Å². The molecule has 0 radical (unpaired) electrons. The van der Waals surface area contributed by atoms with Gasteiger partial charge in [0.25, 0.3) is 6.71 Å². The van der Waals surface area contributed by atoms with Gasteiger partial charge >= 0.3 is 0 Å². The maximum atomic E-state index is 2.66. The van der Waals surface area contributed by atoms with Gasteiger partial charge in [0, 0.05) is 55.4 Å². The minimum atomic E-state index is -0.220. The van der Waals surface area contributed by atoms with Gasteiger partial charge in [-0.2, -0.15) is 0 Å². The van der Waals surface area contributed by atoms with E-state index in [1.807, 2.05) is 0 Å². The molecule has 0 spiro atoms. The molecule has 0 bridgehead atoms. The lowest BCUT2D eigenvalue weighted by molar-refractivity contribution is 0.590. The summed E-state index contributed by atoms with van der Waals surface area (Å²) in [6.45, 7) is 13.8. The average molecular weight is 1080 g/mol. The van der Waals surface area contributed by atoms with E-state index in [2.05, 4.69) is 323 Å². The predicted octanol–water partition coefficient (Wildman–Crippen LogP) is 19.9. The summed E-state index contributed by atoms with van der Waals surface area (Å²) in [7, 11) is 0. The maximum absolute atomic E-state index is 2.66. The quantitative estimate of drug-likeness (QED) is 0.159. The first kappa shape index (κ1) is 49.9. The first-order chi connectivity index (χ1) is 41.0. The molecular formula is C80H62BN3. The average Bonchev–Trinajstić information content (AvgIpc) is 2.48. The van der Waals surface area contributed by atoms with Crippen molar-refractivity contribution in [3.8, 4) is 33.4 Å². The Morgan fingerprint density at radius 2 is 0.726 bits per heavy atom. The minimum Gasteiger partial charge on any atom is -0.311 e. The number of anilines is 6. The van der Waals surface area contributed by atoms with Crippen molar-refractivity contribution in [2.75, 3.05) is 9.80 Å². The number of rotatable bonds is 5. The van der Waals surface area contributed by atoms with Gasteiger partial charge in [-0.3, -0.25) is 0 Å². The molecule has 0 amide bonds. The molecule has 12 aromatic carbocycles. The topological polar surface area (TPSA) is 10.9 Å². The maximum Gasteiger partial charge on any atom is 0.252 e. The second kappa shape index (κ2) is 18.8. The molecule has 4 heterocycles. The summed E-state index contributed by atoms with van der Waals surface area (Å²) in [4.78, 5) is 5.27. The van der Waals surface area contributed by atoms with Crippen molar-refractivity contribution in [3.63, 3.8) is 0 Å². The highest BCUT2D eigenvalue weighted by Gasteiger charge is 2.45. The normalized spacial score (nSPS) is 13.0. The van der Waals surface area contributed by atoms with E-state index < -0.39 is 0 Å². The Labute approximate surface area is 492 Å². The van der Waals surface area contributed by atoms with Gasteiger partial charge < -0.3 is 14.2 Å². The zero-order valence-corrected chi connectivity index (χ0v) is 48.3. The summed E-state index contributed by atoms with van der Waals surface area (Å²) < 4.78 is 2.61. The van der Waals surface area contributed by atoms with Crippen molar-refractivity contribution >= 4 is 117 Å². The molecule has 14 aromatic rings. The standard InChI is InChI=1S/C80H62BN3/c1-79(2,3)55-43-40-51(41-44-55)54-42-45-72-67(46-54)81-68-49-66-62-33-16-14-31-60(62)59-30-13-15-32-61(59)64-35-23-36-65-63-34-19-22-39-71(63)84(78(64)65)73(66)50-74(68)83(70-38-21-18-29-58(70)53-26-11-8-12-27-53)76-48-56(80(4,5)6)47-75(77(76)81)82(72)69-37-20-17-28-57(69)52-24-9-7-10-25-52/h7-50H,1-6H3. The third-order valence-electron chi connectivity index (χ3n) is 18.3. The van der Waals surface area contributed by atoms with Crippen molar-refractivity contribution in [3.05, 3.63) is 278 Å². The van der Waals surface area contributed by atoms with E-state index in [1.54, 1.807) is 0 Å². The van der Waals surface area contributed by atoms with Crippen LogP contribution >= 0.6 is 0 Å². The Morgan fingerprint density at radius 3 is 1.31 bits per heavy atom. The molecule has 2 aliphatic heterocycles. The van der Waals surface area contributed by atoms with Gasteiger partial charge in [-0.05, 0) is 125 Å². The van der Waals surface area contributed by atoms with Crippen molar-refractivity contribution in [2.24, 2.45) is 0 Å². The number of hydrogen-bond acceptors (Lipinski definition) is 2. The lowest BCUT2D eigenvalue weighted by atomic mass is 9.33. The molecule has 4 heteroatoms. The first-order valence-corrected chi connectivity index (χ1v) is 29.7. The number of benzene rings is 12. The van der Waals surface area contributed by atoms with Crippen LogP contribution in [-0.4, -0.2) is 11.1 Å². The Hall–Kier alpha value is -9.90. The van der Waals surface area contributed by atoms with Crippen molar-refractivity contribution in [1.29, 1.82) is 0 Å². The highest BCUT2D eigenvalue weighted by Crippen LogP contribution is 2.51. The van der Waals surface area contributed by atoms with Gasteiger partial charge in [-0.1, -0.05) is 266 Å². The van der Waals surface area contributed by atoms with Gasteiger partial charge in [0.2, 0.25) is 0 Å². The first-order valence-electron chi connectivity index (χ1n) is 29.7. The molecular weight excluding hydrogens is 1010 g/mol. The summed E-state index contributed by atoms with van der Waals surface area (Å²) in [5.74, 6) is 0. The zero-order chi connectivity index (χ0) is 56.6. The molecule has 0 N–H and O–H groups in total. The van der Waals surface area contributed by atoms with Crippen molar-refractivity contribution in [2.45, 2.75) is 52.4 Å². The highest BCUT2D eigenvalue weighted by molar-refractivity contribution is 7.00. The smallest absolute Gasteiger partial charge is 0.252 e. The van der Waals surface area contributed by atoms with E-state index in [-0.39, 0.29) is 17.5 Å². The van der Waals surface area contributed by atoms with E-state index in [9.17, 15) is 0 Å². The third kappa shape index (κ3) is 7.66. The van der Waals surface area contributed by atoms with Crippen LogP contribution in [0.3, 0.4) is 0 Å². The van der Waals surface area contributed by atoms with E-state index in [0.29, 0.717) is 0 Å². The lowest BCUT2D eigenvalue weighted by Gasteiger charge is -2.46. The summed E-state index contributed by atoms with van der Waals surface area (Å²) in [6, 6.07) is 101. The van der Waals surface area contributed by atoms with Crippen LogP contribution in [0.25, 0.3) is 93.0 Å². The molecule has 0 atom stereocenters. The van der Waals surface area contributed by atoms with Crippen LogP contribution in [0, 0.1) is 0 Å². The Morgan fingerprint density at radius 1 is 0.274 bits per heavy atom. The number of hydrogen-bond donors (Lipinski definition) is 0. The van der Waals surface area contributed by atoms with E-state index in [0.717, 1.165) is 22.6 Å². The largest absolute Gasteiger partial charge is 0.311 e. The fourth-order valence-electron chi connectivity index (χ4n) is 14.2. The second-order valence-corrected chi connectivity index (χ2v) is 25.2. The molecule has 2 aliphatic rings. The molecule has 2 aromatic heterocycles. The molecule has 0 saturated heterocycles. The van der Waals surface area contributed by atoms with Gasteiger partial charge in [0.15, 0.2) is 0 Å². The summed E-state index contributed by atoms with van der Waals surface area (Å²) in [5.41, 5.74) is 23.8. The van der Waals surface area contributed by atoms with Crippen LogP contribution in [0.1, 0.15) is 52.7 Å². The monoisotopic (exact) mass is 1080 g/mol. The van der Waals surface area contributed by atoms with Crippen LogP contribution in [0.4, 0.5) is 34.1 Å². The molecule has 0 fully saturated rings. The molecule has 16 rings (SSSR count). The van der Waals surface area contributed by atoms with Gasteiger partial charge in [-0.15, -0.1) is 0 Å². The fourth-order valence-corrected chi connectivity index (χ4v) is 14.2. The number of fused-ring (bicyclic) bond motifs is 14. The van der Waals surface area contributed by atoms with Crippen LogP contribution in [-0.2, 0) is 10.8 Å². The van der Waals surface area contributed by atoms with Gasteiger partial charge in [0.05, 0.1) is 27.9 Å². The summed E-state index contributed by atoms with van der Waals surface area (Å²) in [5, 5.41) is 9.75. The van der Waals surface area contributed by atoms with E-state index in [4.69, 9.17) is 0 Å². The van der Waals surface area contributed by atoms with Crippen molar-refractivity contribution < 1.29 is 0 Å². The van der Waals surface area contributed by atoms with Crippen molar-refractivity contribution in [1.82, 2.24) is 4.40 Å². The Bertz CT molecular complexity index is 5040. The number of aromatic nitrogens is 1. The summed E-state index contributed by atoms with van der Waals surface area (Å²) >= 11 is 0. The molecule has 0 aliphatic carbocycles. The van der Waals surface area contributed by atoms with Crippen LogP contribution < -0.4 is 26.2 Å². The molecule has 0 unspecified atom stereocenters. The van der Waals surface area contributed by atoms with Crippen LogP contribution in [0.15, 0.2) is 267 Å². The third-order valence-corrected chi connectivity index (χ3v) is 18.3. The number of nitrogens with zero attached hydrogens (tertiary/aromatic N) is 3. The minimum absolute atomic E-state index is 0.0292. The Kier molecular flexibility index (Phi) is 11.2. The van der Waals surface area contributed by atoms with Gasteiger partial charge in [-0.25, -0.2) is 0 Å². The van der Waals surface area contributed by atoms with Crippen LogP contribution in [0.2, 0.25) is 0 Å². The fraction of sp³-hybridized carbons (Fsp3) is 0.100. The molecule has 0 saturated carbocycles. The zero-order valence-electron chi connectivity index (χ0n) is 48.3. The van der Waals surface area contributed by atoms with Crippen LogP contribution in [0.5, 0.6) is 0 Å². The lowest BCUT2D eigenvalue weighted by Crippen LogP contribution is -2.61. The van der Waals surface area contributed by atoms with Gasteiger partial charge in [0.1, 0.15) is 0 Å². The summed E-state index contributed by atoms with van der Waals surface area (Å²) in [6.07, 6.45) is 0. The Balaban J connectivity index is 1.13.